The fourth-order valence-electron chi connectivity index (χ4n) is 4.46. The van der Waals surface area contributed by atoms with Crippen LogP contribution in [0.5, 0.6) is 0 Å². The highest BCUT2D eigenvalue weighted by molar-refractivity contribution is 5.87. The molecule has 4 rings (SSSR count). The highest BCUT2D eigenvalue weighted by Gasteiger charge is 2.44. The Kier molecular flexibility index (Phi) is 4.11. The predicted octanol–water partition coefficient (Wildman–Crippen LogP) is 1.40. The lowest BCUT2D eigenvalue weighted by atomic mass is 10.0. The minimum atomic E-state index is -0.847. The Bertz CT molecular complexity index is 762. The average molecular weight is 343 g/mol. The molecule has 1 aliphatic carbocycles. The van der Waals surface area contributed by atoms with E-state index >= 15 is 0 Å². The van der Waals surface area contributed by atoms with Crippen molar-refractivity contribution in [1.29, 1.82) is 0 Å². The van der Waals surface area contributed by atoms with Crippen molar-refractivity contribution in [2.75, 3.05) is 25.0 Å². The second-order valence-corrected chi connectivity index (χ2v) is 7.36. The third kappa shape index (κ3) is 2.76. The molecule has 7 heteroatoms. The third-order valence-corrected chi connectivity index (χ3v) is 5.92. The highest BCUT2D eigenvalue weighted by Crippen LogP contribution is 2.41. The molecule has 134 valence electrons. The van der Waals surface area contributed by atoms with Crippen molar-refractivity contribution >= 4 is 22.8 Å². The summed E-state index contributed by atoms with van der Waals surface area (Å²) in [5, 5.41) is 10.8. The van der Waals surface area contributed by atoms with Crippen LogP contribution in [0, 0.1) is 11.8 Å². The molecular formula is C18H25N5O2. The van der Waals surface area contributed by atoms with Crippen LogP contribution in [0.2, 0.25) is 0 Å². The monoisotopic (exact) mass is 343 g/mol. The van der Waals surface area contributed by atoms with Crippen molar-refractivity contribution < 1.29 is 9.90 Å². The van der Waals surface area contributed by atoms with Gasteiger partial charge in [-0.3, -0.25) is 4.79 Å². The van der Waals surface area contributed by atoms with Crippen molar-refractivity contribution in [3.8, 4) is 0 Å². The molecule has 2 aliphatic rings. The summed E-state index contributed by atoms with van der Waals surface area (Å²) in [5.74, 6) is 1.89. The Hall–Kier alpha value is -2.15. The highest BCUT2D eigenvalue weighted by atomic mass is 16.3. The van der Waals surface area contributed by atoms with Crippen molar-refractivity contribution in [2.45, 2.75) is 38.3 Å². The normalized spacial score (nSPS) is 26.8. The summed E-state index contributed by atoms with van der Waals surface area (Å²) in [6.07, 6.45) is 5.25. The molecule has 1 aliphatic heterocycles. The zero-order valence-corrected chi connectivity index (χ0v) is 14.7. The van der Waals surface area contributed by atoms with Crippen LogP contribution in [0.1, 0.15) is 26.2 Å². The molecule has 25 heavy (non-hydrogen) atoms. The Balaban J connectivity index is 1.45. The van der Waals surface area contributed by atoms with Gasteiger partial charge >= 0.3 is 0 Å². The Labute approximate surface area is 147 Å². The van der Waals surface area contributed by atoms with Gasteiger partial charge in [-0.1, -0.05) is 6.92 Å². The number of carbonyl (C=O) groups excluding carboxylic acids is 1. The number of carbonyl (C=O) groups is 1. The maximum atomic E-state index is 12.2. The number of rotatable bonds is 4. The smallest absolute Gasteiger partial charge is 0.251 e. The first-order valence-electron chi connectivity index (χ1n) is 9.06. The molecule has 0 radical (unpaired) electrons. The van der Waals surface area contributed by atoms with Gasteiger partial charge in [-0.2, -0.15) is 0 Å². The standard InChI is InChI=1S/C18H25N5O2/c1-3-15(24)18(25)23-8-11-6-13(7-12(11)9-23)22(2)17-14-4-5-19-16(14)20-10-21-17/h4-5,10-13,15,24H,3,6-9H2,1-2H3,(H,19,20,21)/t11-,12+,13-,15-/m0/s1. The molecule has 0 spiro atoms. The van der Waals surface area contributed by atoms with Gasteiger partial charge in [-0.25, -0.2) is 9.97 Å². The molecule has 2 aromatic heterocycles. The van der Waals surface area contributed by atoms with Crippen LogP contribution in [0.3, 0.4) is 0 Å². The molecular weight excluding hydrogens is 318 g/mol. The molecule has 2 aromatic rings. The zero-order chi connectivity index (χ0) is 17.6. The maximum Gasteiger partial charge on any atom is 0.251 e. The largest absolute Gasteiger partial charge is 0.383 e. The summed E-state index contributed by atoms with van der Waals surface area (Å²) < 4.78 is 0. The van der Waals surface area contributed by atoms with E-state index < -0.39 is 6.10 Å². The summed E-state index contributed by atoms with van der Waals surface area (Å²) in [4.78, 5) is 28.2. The Morgan fingerprint density at radius 3 is 2.80 bits per heavy atom. The van der Waals surface area contributed by atoms with Gasteiger partial charge in [0.1, 0.15) is 23.9 Å². The second kappa shape index (κ2) is 6.29. The molecule has 4 atom stereocenters. The molecule has 0 unspecified atom stereocenters. The number of aromatic amines is 1. The van der Waals surface area contributed by atoms with Crippen LogP contribution in [-0.2, 0) is 4.79 Å². The van der Waals surface area contributed by atoms with Gasteiger partial charge in [0, 0.05) is 32.4 Å². The Morgan fingerprint density at radius 1 is 1.40 bits per heavy atom. The van der Waals surface area contributed by atoms with Gasteiger partial charge < -0.3 is 19.9 Å². The molecule has 3 heterocycles. The fourth-order valence-corrected chi connectivity index (χ4v) is 4.46. The van der Waals surface area contributed by atoms with Crippen LogP contribution < -0.4 is 4.90 Å². The first-order chi connectivity index (χ1) is 12.1. The van der Waals surface area contributed by atoms with Crippen molar-refractivity contribution in [3.63, 3.8) is 0 Å². The number of fused-ring (bicyclic) bond motifs is 2. The van der Waals surface area contributed by atoms with E-state index in [4.69, 9.17) is 0 Å². The summed E-state index contributed by atoms with van der Waals surface area (Å²) in [5.41, 5.74) is 0.861. The van der Waals surface area contributed by atoms with Crippen molar-refractivity contribution in [2.24, 2.45) is 11.8 Å². The van der Waals surface area contributed by atoms with E-state index in [0.717, 1.165) is 42.8 Å². The first-order valence-corrected chi connectivity index (χ1v) is 9.06. The molecule has 0 aromatic carbocycles. The number of aliphatic hydroxyl groups excluding tert-OH is 1. The SMILES string of the molecule is CC[C@H](O)C(=O)N1C[C@H]2C[C@@H](N(C)c3ncnc4[nH]ccc34)C[C@H]2C1. The minimum absolute atomic E-state index is 0.105. The van der Waals surface area contributed by atoms with E-state index in [-0.39, 0.29) is 5.91 Å². The number of nitrogens with one attached hydrogen (secondary N) is 1. The molecule has 1 amide bonds. The van der Waals surface area contributed by atoms with Crippen molar-refractivity contribution in [1.82, 2.24) is 19.9 Å². The van der Waals surface area contributed by atoms with E-state index in [1.807, 2.05) is 24.1 Å². The van der Waals surface area contributed by atoms with E-state index in [1.54, 1.807) is 6.33 Å². The number of nitrogens with zero attached hydrogens (tertiary/aromatic N) is 4. The molecule has 2 N–H and O–H groups in total. The first kappa shape index (κ1) is 16.3. The number of aromatic nitrogens is 3. The van der Waals surface area contributed by atoms with E-state index in [9.17, 15) is 9.90 Å². The molecule has 1 saturated carbocycles. The Morgan fingerprint density at radius 2 is 2.12 bits per heavy atom. The summed E-state index contributed by atoms with van der Waals surface area (Å²) in [7, 11) is 2.10. The number of amides is 1. The van der Waals surface area contributed by atoms with Crippen LogP contribution in [0.25, 0.3) is 11.0 Å². The minimum Gasteiger partial charge on any atom is -0.383 e. The lowest BCUT2D eigenvalue weighted by Gasteiger charge is -2.28. The fraction of sp³-hybridized carbons (Fsp3) is 0.611. The summed E-state index contributed by atoms with van der Waals surface area (Å²) in [6, 6.07) is 2.44. The molecule has 1 saturated heterocycles. The number of likely N-dealkylation sites (tertiary alicyclic amines) is 1. The van der Waals surface area contributed by atoms with Crippen LogP contribution in [0.4, 0.5) is 5.82 Å². The van der Waals surface area contributed by atoms with Gasteiger partial charge in [0.2, 0.25) is 0 Å². The maximum absolute atomic E-state index is 12.2. The van der Waals surface area contributed by atoms with Crippen LogP contribution in [0.15, 0.2) is 18.6 Å². The average Bonchev–Trinajstić information content (AvgIpc) is 3.32. The van der Waals surface area contributed by atoms with Crippen LogP contribution in [-0.4, -0.2) is 63.1 Å². The number of aliphatic hydroxyl groups is 1. The molecule has 0 bridgehead atoms. The third-order valence-electron chi connectivity index (χ3n) is 5.92. The van der Waals surface area contributed by atoms with Gasteiger partial charge in [-0.15, -0.1) is 0 Å². The van der Waals surface area contributed by atoms with Crippen LogP contribution >= 0.6 is 0 Å². The predicted molar refractivity (Wildman–Crippen MR) is 95.2 cm³/mol. The summed E-state index contributed by atoms with van der Waals surface area (Å²) in [6.45, 7) is 3.39. The van der Waals surface area contributed by atoms with E-state index in [2.05, 4.69) is 26.9 Å². The second-order valence-electron chi connectivity index (χ2n) is 7.36. The van der Waals surface area contributed by atoms with Gasteiger partial charge in [-0.05, 0) is 37.2 Å². The summed E-state index contributed by atoms with van der Waals surface area (Å²) >= 11 is 0. The van der Waals surface area contributed by atoms with Crippen molar-refractivity contribution in [3.05, 3.63) is 18.6 Å². The number of anilines is 1. The van der Waals surface area contributed by atoms with Gasteiger partial charge in [0.25, 0.3) is 5.91 Å². The topological polar surface area (TPSA) is 85.3 Å². The zero-order valence-electron chi connectivity index (χ0n) is 14.7. The van der Waals surface area contributed by atoms with Gasteiger partial charge in [0.15, 0.2) is 0 Å². The lowest BCUT2D eigenvalue weighted by molar-refractivity contribution is -0.139. The number of hydrogen-bond donors (Lipinski definition) is 2. The van der Waals surface area contributed by atoms with Gasteiger partial charge in [0.05, 0.1) is 5.39 Å². The number of hydrogen-bond acceptors (Lipinski definition) is 5. The van der Waals surface area contributed by atoms with E-state index in [1.165, 1.54) is 0 Å². The molecule has 2 fully saturated rings. The molecule has 7 nitrogen and oxygen atoms in total. The van der Waals surface area contributed by atoms with E-state index in [0.29, 0.717) is 24.3 Å². The quantitative estimate of drug-likeness (QED) is 0.876. The number of H-pyrrole nitrogens is 1. The lowest BCUT2D eigenvalue weighted by Crippen LogP contribution is -2.39.